The number of phenols is 1. The Morgan fingerprint density at radius 1 is 0.879 bits per heavy atom. The summed E-state index contributed by atoms with van der Waals surface area (Å²) in [5.41, 5.74) is 5.23. The van der Waals surface area contributed by atoms with E-state index >= 15 is 4.79 Å². The number of rotatable bonds is 8. The highest BCUT2D eigenvalue weighted by atomic mass is 35.5. The second kappa shape index (κ2) is 14.8. The van der Waals surface area contributed by atoms with Gasteiger partial charge in [0.1, 0.15) is 5.82 Å². The predicted molar refractivity (Wildman–Crippen MR) is 215 cm³/mol. The highest BCUT2D eigenvalue weighted by molar-refractivity contribution is 6.30. The average Bonchev–Trinajstić information content (AvgIpc) is 3.62. The van der Waals surface area contributed by atoms with E-state index in [9.17, 15) is 23.9 Å². The Labute approximate surface area is 339 Å². The number of phenolic OH excluding ortho intramolecular Hbond substituents is 1. The van der Waals surface area contributed by atoms with Gasteiger partial charge < -0.3 is 19.5 Å². The van der Waals surface area contributed by atoms with Crippen molar-refractivity contribution >= 4 is 58.4 Å². The molecule has 6 unspecified atom stereocenters. The third kappa shape index (κ3) is 6.04. The molecule has 3 saturated heterocycles. The Balaban J connectivity index is 1.15. The zero-order chi connectivity index (χ0) is 40.3. The number of nitrogens with one attached hydrogen (secondary N) is 1. The topological polar surface area (TPSA) is 129 Å². The van der Waals surface area contributed by atoms with Crippen molar-refractivity contribution in [2.75, 3.05) is 48.6 Å². The second-order valence-electron chi connectivity index (χ2n) is 15.3. The molecule has 2 N–H and O–H groups in total. The Morgan fingerprint density at radius 3 is 2.29 bits per heavy atom. The minimum Gasteiger partial charge on any atom is -0.504 e. The summed E-state index contributed by atoms with van der Waals surface area (Å²) in [4.78, 5) is 62.6. The monoisotopic (exact) mass is 802 g/mol. The number of halogens is 2. The minimum absolute atomic E-state index is 0.0418. The van der Waals surface area contributed by atoms with E-state index in [0.29, 0.717) is 40.7 Å². The van der Waals surface area contributed by atoms with Crippen LogP contribution in [0.3, 0.4) is 0 Å². The predicted octanol–water partition coefficient (Wildman–Crippen LogP) is 6.77. The van der Waals surface area contributed by atoms with Gasteiger partial charge in [-0.15, -0.1) is 0 Å². The van der Waals surface area contributed by atoms with Crippen LogP contribution in [0.15, 0.2) is 109 Å². The molecule has 1 saturated carbocycles. The van der Waals surface area contributed by atoms with Crippen molar-refractivity contribution in [2.24, 2.45) is 29.6 Å². The molecule has 3 aliphatic heterocycles. The molecule has 9 rings (SSSR count). The lowest BCUT2D eigenvalue weighted by Gasteiger charge is -2.49. The van der Waals surface area contributed by atoms with Gasteiger partial charge in [-0.1, -0.05) is 53.6 Å². The first-order valence-corrected chi connectivity index (χ1v) is 19.7. The number of allylic oxidation sites excluding steroid dienone is 3. The molecule has 6 atom stereocenters. The van der Waals surface area contributed by atoms with Crippen molar-refractivity contribution in [1.82, 2.24) is 5.01 Å². The van der Waals surface area contributed by atoms with Crippen LogP contribution in [0.2, 0.25) is 5.02 Å². The van der Waals surface area contributed by atoms with Crippen LogP contribution in [0, 0.1) is 35.4 Å². The number of hydrazine groups is 1. The van der Waals surface area contributed by atoms with E-state index in [-0.39, 0.29) is 36.2 Å². The van der Waals surface area contributed by atoms with Gasteiger partial charge in [-0.05, 0) is 103 Å². The lowest BCUT2D eigenvalue weighted by molar-refractivity contribution is -0.139. The Hall–Kier alpha value is -5.98. The summed E-state index contributed by atoms with van der Waals surface area (Å²) >= 11 is 6.39. The number of nitrogens with zero attached hydrogens (tertiary/aromatic N) is 3. The highest BCUT2D eigenvalue weighted by Gasteiger charge is 2.69. The van der Waals surface area contributed by atoms with Crippen LogP contribution >= 0.6 is 11.6 Å². The number of fused-ring (bicyclic) bond motifs is 4. The largest absolute Gasteiger partial charge is 0.504 e. The van der Waals surface area contributed by atoms with Crippen LogP contribution in [0.1, 0.15) is 24.0 Å². The van der Waals surface area contributed by atoms with Gasteiger partial charge in [-0.2, -0.15) is 5.01 Å². The molecule has 0 spiro atoms. The Morgan fingerprint density at radius 2 is 1.59 bits per heavy atom. The van der Waals surface area contributed by atoms with Gasteiger partial charge in [0, 0.05) is 29.7 Å². The molecule has 4 amide bonds. The Kier molecular flexibility index (Phi) is 9.56. The standard InChI is InChI=1S/C45H40ClFN4O7/c1-57-39-24-26(3-19-38(39)52)2-18-36-33-16-17-34-40(43(55)50(41(34)53)32-14-12-31(13-15-32)49-20-22-58-23-21-49)35(33)25-37-42(54)51(48-30-10-8-29(47)9-11-30)44(56)45(36,37)27-4-6-28(46)7-5-27/h2-16,18-19,24,34-37,40,48,52H,17,20-23,25H2,1H3. The van der Waals surface area contributed by atoms with Crippen molar-refractivity contribution in [1.29, 1.82) is 0 Å². The zero-order valence-corrected chi connectivity index (χ0v) is 32.3. The summed E-state index contributed by atoms with van der Waals surface area (Å²) in [5, 5.41) is 11.8. The van der Waals surface area contributed by atoms with Crippen LogP contribution < -0.4 is 20.0 Å². The molecule has 58 heavy (non-hydrogen) atoms. The summed E-state index contributed by atoms with van der Waals surface area (Å²) < 4.78 is 24.8. The number of hydrogen-bond acceptors (Lipinski definition) is 9. The normalized spacial score (nSPS) is 26.8. The number of carbonyl (C=O) groups excluding carboxylic acids is 4. The van der Waals surface area contributed by atoms with Crippen LogP contribution in [0.5, 0.6) is 11.5 Å². The summed E-state index contributed by atoms with van der Waals surface area (Å²) in [6, 6.07) is 24.5. The van der Waals surface area contributed by atoms with Crippen molar-refractivity contribution in [3.05, 3.63) is 131 Å². The number of morpholine rings is 1. The molecule has 4 aromatic carbocycles. The third-order valence-corrected chi connectivity index (χ3v) is 12.7. The molecule has 0 bridgehead atoms. The molecule has 13 heteroatoms. The van der Waals surface area contributed by atoms with Gasteiger partial charge >= 0.3 is 0 Å². The maximum Gasteiger partial charge on any atom is 0.260 e. The first-order chi connectivity index (χ1) is 28.1. The van der Waals surface area contributed by atoms with E-state index in [2.05, 4.69) is 10.3 Å². The van der Waals surface area contributed by atoms with Gasteiger partial charge in [-0.25, -0.2) is 4.39 Å². The van der Waals surface area contributed by atoms with Crippen LogP contribution in [-0.4, -0.2) is 67.2 Å². The maximum absolute atomic E-state index is 15.3. The van der Waals surface area contributed by atoms with Crippen molar-refractivity contribution in [3.63, 3.8) is 0 Å². The number of hydrogen-bond donors (Lipinski definition) is 2. The van der Waals surface area contributed by atoms with E-state index < -0.39 is 52.6 Å². The Bertz CT molecular complexity index is 2360. The summed E-state index contributed by atoms with van der Waals surface area (Å²) in [6.07, 6.45) is 6.05. The molecular weight excluding hydrogens is 763 g/mol. The van der Waals surface area contributed by atoms with Crippen LogP contribution in [0.25, 0.3) is 6.08 Å². The van der Waals surface area contributed by atoms with Gasteiger partial charge in [-0.3, -0.25) is 29.5 Å². The van der Waals surface area contributed by atoms with Crippen molar-refractivity contribution in [3.8, 4) is 11.5 Å². The van der Waals surface area contributed by atoms with E-state index in [4.69, 9.17) is 21.1 Å². The van der Waals surface area contributed by atoms with Gasteiger partial charge in [0.15, 0.2) is 11.5 Å². The first-order valence-electron chi connectivity index (χ1n) is 19.3. The highest BCUT2D eigenvalue weighted by Crippen LogP contribution is 2.61. The molecule has 0 aromatic heterocycles. The number of anilines is 3. The fourth-order valence-corrected chi connectivity index (χ4v) is 9.92. The lowest BCUT2D eigenvalue weighted by atomic mass is 9.50. The van der Waals surface area contributed by atoms with E-state index in [0.717, 1.165) is 29.4 Å². The second-order valence-corrected chi connectivity index (χ2v) is 15.8. The number of carbonyl (C=O) groups is 4. The number of imide groups is 2. The summed E-state index contributed by atoms with van der Waals surface area (Å²) in [7, 11) is 1.45. The lowest BCUT2D eigenvalue weighted by Crippen LogP contribution is -2.54. The average molecular weight is 803 g/mol. The van der Waals surface area contributed by atoms with Crippen LogP contribution in [-0.2, 0) is 29.3 Å². The number of aromatic hydroxyl groups is 1. The van der Waals surface area contributed by atoms with Gasteiger partial charge in [0.25, 0.3) is 11.8 Å². The van der Waals surface area contributed by atoms with E-state index in [1.807, 2.05) is 30.4 Å². The fourth-order valence-electron chi connectivity index (χ4n) is 9.80. The van der Waals surface area contributed by atoms with Crippen LogP contribution in [0.4, 0.5) is 21.5 Å². The molecule has 11 nitrogen and oxygen atoms in total. The number of benzene rings is 4. The number of ether oxygens (including phenoxy) is 2. The van der Waals surface area contributed by atoms with Gasteiger partial charge in [0.05, 0.1) is 54.9 Å². The molecule has 2 aliphatic carbocycles. The molecule has 4 fully saturated rings. The molecule has 3 heterocycles. The first kappa shape index (κ1) is 37.6. The van der Waals surface area contributed by atoms with E-state index in [1.54, 1.807) is 48.5 Å². The summed E-state index contributed by atoms with van der Waals surface area (Å²) in [6.45, 7) is 2.74. The van der Waals surface area contributed by atoms with E-state index in [1.165, 1.54) is 42.3 Å². The van der Waals surface area contributed by atoms with Crippen molar-refractivity contribution in [2.45, 2.75) is 18.3 Å². The van der Waals surface area contributed by atoms with Crippen molar-refractivity contribution < 1.29 is 38.1 Å². The fraction of sp³-hybridized carbons (Fsp3) is 0.289. The molecule has 4 aromatic rings. The maximum atomic E-state index is 15.3. The molecule has 0 radical (unpaired) electrons. The zero-order valence-electron chi connectivity index (χ0n) is 31.5. The number of methoxy groups -OCH3 is 1. The quantitative estimate of drug-likeness (QED) is 0.147. The number of amides is 4. The minimum atomic E-state index is -1.51. The summed E-state index contributed by atoms with van der Waals surface area (Å²) in [5.74, 6) is -5.70. The molecular formula is C45H40ClFN4O7. The smallest absolute Gasteiger partial charge is 0.260 e. The SMILES string of the molecule is COc1cc(C=CC2C3=CCC4C(=O)N(c5ccc(N6CCOCC6)cc5)C(=O)C4C3CC3C(=O)N(Nc4ccc(F)cc4)C(=O)C23c2ccc(Cl)cc2)ccc1O. The molecule has 5 aliphatic rings. The molecule has 296 valence electrons. The van der Waals surface area contributed by atoms with Gasteiger partial charge in [0.2, 0.25) is 11.8 Å². The third-order valence-electron chi connectivity index (χ3n) is 12.5.